The van der Waals surface area contributed by atoms with Crippen LogP contribution in [-0.2, 0) is 24.3 Å². The van der Waals surface area contributed by atoms with Crippen LogP contribution in [0.3, 0.4) is 0 Å². The molecule has 1 aromatic carbocycles. The number of halogens is 1. The summed E-state index contributed by atoms with van der Waals surface area (Å²) in [6, 6.07) is 3.53. The second-order valence-electron chi connectivity index (χ2n) is 9.39. The minimum Gasteiger partial charge on any atom is -0.376 e. The summed E-state index contributed by atoms with van der Waals surface area (Å²) < 4.78 is 46.1. The maximum absolute atomic E-state index is 13.2. The minimum atomic E-state index is -4.02. The molecule has 1 fully saturated rings. The molecular weight excluding hydrogens is 437 g/mol. The van der Waals surface area contributed by atoms with Crippen molar-refractivity contribution in [1.29, 1.82) is 0 Å². The minimum absolute atomic E-state index is 0.150. The maximum Gasteiger partial charge on any atom is 0.243 e. The van der Waals surface area contributed by atoms with Crippen molar-refractivity contribution in [3.05, 3.63) is 30.1 Å². The number of carbonyl (C=O) groups excluding carboxylic acids is 2. The predicted octanol–water partition coefficient (Wildman–Crippen LogP) is 2.05. The summed E-state index contributed by atoms with van der Waals surface area (Å²) in [4.78, 5) is 27.5. The molecule has 0 aromatic heterocycles. The summed E-state index contributed by atoms with van der Waals surface area (Å²) in [6.07, 6.45) is 1.41. The molecule has 1 aliphatic rings. The summed E-state index contributed by atoms with van der Waals surface area (Å²) in [5.41, 5.74) is -0.493. The number of rotatable bonds is 9. The van der Waals surface area contributed by atoms with Crippen LogP contribution in [0, 0.1) is 11.7 Å². The number of hydrogen-bond donors (Lipinski definition) is 2. The summed E-state index contributed by atoms with van der Waals surface area (Å²) in [6.45, 7) is 9.49. The number of amides is 2. The Morgan fingerprint density at radius 3 is 2.34 bits per heavy atom. The van der Waals surface area contributed by atoms with E-state index in [2.05, 4.69) is 10.0 Å². The van der Waals surface area contributed by atoms with Crippen molar-refractivity contribution in [3.8, 4) is 0 Å². The first kappa shape index (κ1) is 26.2. The lowest BCUT2D eigenvalue weighted by atomic mass is 9.98. The molecule has 2 amide bonds. The predicted molar refractivity (Wildman–Crippen MR) is 119 cm³/mol. The van der Waals surface area contributed by atoms with Crippen LogP contribution < -0.4 is 10.0 Å². The van der Waals surface area contributed by atoms with Crippen LogP contribution in [-0.4, -0.2) is 62.5 Å². The summed E-state index contributed by atoms with van der Waals surface area (Å²) >= 11 is 0. The van der Waals surface area contributed by atoms with Crippen molar-refractivity contribution in [2.75, 3.05) is 19.7 Å². The molecule has 0 unspecified atom stereocenters. The van der Waals surface area contributed by atoms with E-state index < -0.39 is 39.9 Å². The van der Waals surface area contributed by atoms with Gasteiger partial charge in [-0.3, -0.25) is 9.59 Å². The molecule has 1 saturated heterocycles. The van der Waals surface area contributed by atoms with Gasteiger partial charge in [-0.15, -0.1) is 0 Å². The van der Waals surface area contributed by atoms with Gasteiger partial charge in [-0.25, -0.2) is 17.5 Å². The van der Waals surface area contributed by atoms with Crippen LogP contribution in [0.5, 0.6) is 0 Å². The molecule has 2 atom stereocenters. The Kier molecular flexibility index (Phi) is 8.78. The standard InChI is InChI=1S/C22H34FN3O5S/c1-15(2)20(21(28)25-22(3,4)5)26(14-17-7-6-12-31-17)19(27)13-24-32(29,30)18-10-8-16(23)9-11-18/h8-11,15,17,20,24H,6-7,12-14H2,1-5H3,(H,25,28)/t17-,20-/m1/s1. The molecule has 32 heavy (non-hydrogen) atoms. The van der Waals surface area contributed by atoms with E-state index >= 15 is 0 Å². The molecule has 1 heterocycles. The molecule has 180 valence electrons. The normalized spacial score (nSPS) is 17.9. The Morgan fingerprint density at radius 2 is 1.84 bits per heavy atom. The molecule has 2 rings (SSSR count). The fraction of sp³-hybridized carbons (Fsp3) is 0.636. The number of hydrogen-bond acceptors (Lipinski definition) is 5. The number of carbonyl (C=O) groups is 2. The van der Waals surface area contributed by atoms with Gasteiger partial charge in [0.25, 0.3) is 0 Å². The lowest BCUT2D eigenvalue weighted by molar-refractivity contribution is -0.143. The highest BCUT2D eigenvalue weighted by molar-refractivity contribution is 7.89. The van der Waals surface area contributed by atoms with Gasteiger partial charge in [0.1, 0.15) is 11.9 Å². The second-order valence-corrected chi connectivity index (χ2v) is 11.2. The van der Waals surface area contributed by atoms with Gasteiger partial charge in [0.15, 0.2) is 0 Å². The van der Waals surface area contributed by atoms with E-state index in [1.807, 2.05) is 34.6 Å². The Balaban J connectivity index is 2.22. The SMILES string of the molecule is CC(C)[C@H](C(=O)NC(C)(C)C)N(C[C@H]1CCCO1)C(=O)CNS(=O)(=O)c1ccc(F)cc1. The van der Waals surface area contributed by atoms with Crippen LogP contribution in [0.2, 0.25) is 0 Å². The van der Waals surface area contributed by atoms with Gasteiger partial charge in [-0.2, -0.15) is 0 Å². The average molecular weight is 472 g/mol. The van der Waals surface area contributed by atoms with Gasteiger partial charge < -0.3 is 15.0 Å². The molecule has 0 aliphatic carbocycles. The van der Waals surface area contributed by atoms with E-state index in [9.17, 15) is 22.4 Å². The van der Waals surface area contributed by atoms with Crippen molar-refractivity contribution in [2.24, 2.45) is 5.92 Å². The summed E-state index contributed by atoms with van der Waals surface area (Å²) in [5.74, 6) is -1.61. The molecule has 10 heteroatoms. The zero-order valence-corrected chi connectivity index (χ0v) is 20.2. The lowest BCUT2D eigenvalue weighted by Crippen LogP contribution is -2.58. The van der Waals surface area contributed by atoms with E-state index in [1.54, 1.807) is 0 Å². The van der Waals surface area contributed by atoms with Crippen molar-refractivity contribution < 1.29 is 27.1 Å². The van der Waals surface area contributed by atoms with E-state index in [-0.39, 0.29) is 29.4 Å². The quantitative estimate of drug-likeness (QED) is 0.574. The maximum atomic E-state index is 13.2. The third-order valence-corrected chi connectivity index (χ3v) is 6.43. The number of ether oxygens (including phenoxy) is 1. The Labute approximate surface area is 189 Å². The van der Waals surface area contributed by atoms with Gasteiger partial charge in [-0.1, -0.05) is 13.8 Å². The van der Waals surface area contributed by atoms with E-state index in [0.717, 1.165) is 37.1 Å². The molecule has 1 aliphatic heterocycles. The molecule has 1 aromatic rings. The molecular formula is C22H34FN3O5S. The highest BCUT2D eigenvalue weighted by Gasteiger charge is 2.36. The third kappa shape index (κ3) is 7.53. The largest absolute Gasteiger partial charge is 0.376 e. The fourth-order valence-corrected chi connectivity index (χ4v) is 4.56. The Morgan fingerprint density at radius 1 is 1.22 bits per heavy atom. The number of benzene rings is 1. The molecule has 0 saturated carbocycles. The first-order valence-electron chi connectivity index (χ1n) is 10.8. The van der Waals surface area contributed by atoms with Gasteiger partial charge in [0, 0.05) is 18.7 Å². The van der Waals surface area contributed by atoms with Crippen LogP contribution in [0.1, 0.15) is 47.5 Å². The van der Waals surface area contributed by atoms with Gasteiger partial charge in [-0.05, 0) is 63.8 Å². The van der Waals surface area contributed by atoms with Crippen LogP contribution >= 0.6 is 0 Å². The fourth-order valence-electron chi connectivity index (χ4n) is 3.58. The van der Waals surface area contributed by atoms with Crippen LogP contribution in [0.25, 0.3) is 0 Å². The molecule has 0 spiro atoms. The second kappa shape index (κ2) is 10.7. The molecule has 8 nitrogen and oxygen atoms in total. The van der Waals surface area contributed by atoms with Crippen molar-refractivity contribution >= 4 is 21.8 Å². The molecule has 0 radical (unpaired) electrons. The van der Waals surface area contributed by atoms with Crippen LogP contribution in [0.15, 0.2) is 29.2 Å². The van der Waals surface area contributed by atoms with Crippen molar-refractivity contribution in [2.45, 2.75) is 70.0 Å². The number of nitrogens with zero attached hydrogens (tertiary/aromatic N) is 1. The van der Waals surface area contributed by atoms with E-state index in [0.29, 0.717) is 6.61 Å². The van der Waals surface area contributed by atoms with Crippen LogP contribution in [0.4, 0.5) is 4.39 Å². The Bertz CT molecular complexity index is 891. The van der Waals surface area contributed by atoms with Crippen molar-refractivity contribution in [3.63, 3.8) is 0 Å². The van der Waals surface area contributed by atoms with E-state index in [1.165, 1.54) is 4.90 Å². The first-order chi connectivity index (χ1) is 14.8. The van der Waals surface area contributed by atoms with Gasteiger partial charge in [0.2, 0.25) is 21.8 Å². The molecule has 2 N–H and O–H groups in total. The highest BCUT2D eigenvalue weighted by atomic mass is 32.2. The summed E-state index contributed by atoms with van der Waals surface area (Å²) in [7, 11) is -4.02. The van der Waals surface area contributed by atoms with Gasteiger partial charge >= 0.3 is 0 Å². The monoisotopic (exact) mass is 471 g/mol. The third-order valence-electron chi connectivity index (χ3n) is 5.02. The van der Waals surface area contributed by atoms with E-state index in [4.69, 9.17) is 4.74 Å². The summed E-state index contributed by atoms with van der Waals surface area (Å²) in [5, 5.41) is 2.92. The zero-order valence-electron chi connectivity index (χ0n) is 19.4. The number of nitrogens with one attached hydrogen (secondary N) is 2. The van der Waals surface area contributed by atoms with Crippen molar-refractivity contribution in [1.82, 2.24) is 14.9 Å². The lowest BCUT2D eigenvalue weighted by Gasteiger charge is -2.36. The molecule has 0 bridgehead atoms. The van der Waals surface area contributed by atoms with Gasteiger partial charge in [0.05, 0.1) is 17.5 Å². The first-order valence-corrected chi connectivity index (χ1v) is 12.3. The Hall–Kier alpha value is -2.04. The topological polar surface area (TPSA) is 105 Å². The number of sulfonamides is 1. The highest BCUT2D eigenvalue weighted by Crippen LogP contribution is 2.19. The smallest absolute Gasteiger partial charge is 0.243 e. The average Bonchev–Trinajstić information content (AvgIpc) is 3.17. The zero-order chi connectivity index (χ0) is 24.1.